The predicted molar refractivity (Wildman–Crippen MR) is 266 cm³/mol. The molecule has 16 nitrogen and oxygen atoms in total. The van der Waals surface area contributed by atoms with Crippen molar-refractivity contribution in [1.29, 1.82) is 0 Å². The normalized spacial score (nSPS) is 26.4. The number of nitrogens with one attached hydrogen (secondary N) is 2. The Morgan fingerprint density at radius 2 is 1.81 bits per heavy atom. The van der Waals surface area contributed by atoms with Gasteiger partial charge in [-0.1, -0.05) is 33.8 Å². The van der Waals surface area contributed by atoms with E-state index in [4.69, 9.17) is 33.7 Å². The lowest BCUT2D eigenvalue weighted by Crippen LogP contribution is -2.61. The third-order valence-electron chi connectivity index (χ3n) is 15.2. The van der Waals surface area contributed by atoms with Crippen LogP contribution in [0.4, 0.5) is 5.69 Å². The minimum Gasteiger partial charge on any atom is -0.464 e. The van der Waals surface area contributed by atoms with Gasteiger partial charge in [0.2, 0.25) is 5.91 Å². The van der Waals surface area contributed by atoms with Gasteiger partial charge in [-0.3, -0.25) is 24.4 Å². The van der Waals surface area contributed by atoms with Crippen LogP contribution in [0, 0.1) is 23.2 Å². The van der Waals surface area contributed by atoms with Crippen molar-refractivity contribution in [1.82, 2.24) is 35.2 Å². The van der Waals surface area contributed by atoms with Crippen LogP contribution < -0.4 is 15.6 Å². The van der Waals surface area contributed by atoms with E-state index in [0.29, 0.717) is 57.2 Å². The van der Waals surface area contributed by atoms with Crippen molar-refractivity contribution < 1.29 is 38.1 Å². The van der Waals surface area contributed by atoms with Crippen molar-refractivity contribution in [3.8, 4) is 22.5 Å². The van der Waals surface area contributed by atoms with Crippen molar-refractivity contribution in [3.63, 3.8) is 0 Å². The molecule has 4 aliphatic heterocycles. The van der Waals surface area contributed by atoms with E-state index in [1.807, 2.05) is 25.4 Å². The number of rotatable bonds is 12. The summed E-state index contributed by atoms with van der Waals surface area (Å²) in [5, 5.41) is 8.22. The van der Waals surface area contributed by atoms with Crippen LogP contribution in [0.15, 0.2) is 35.8 Å². The highest BCUT2D eigenvalue weighted by Crippen LogP contribution is 2.46. The monoisotopic (exact) mass is 969 g/mol. The van der Waals surface area contributed by atoms with Crippen LogP contribution in [-0.4, -0.2) is 140 Å². The number of pyridine rings is 1. The van der Waals surface area contributed by atoms with Gasteiger partial charge in [-0.2, -0.15) is 0 Å². The number of amides is 2. The number of esters is 1. The van der Waals surface area contributed by atoms with Gasteiger partial charge in [-0.05, 0) is 88.6 Å². The SMILES string of the molecule is CCO[C@@H]1c2nc(cs2)-c2ccc3c(c2)c(c(-c2cc(N4CCN(C)CC4)cnc2[C@H](C)OC)n3CCOC2CCOCC2)CC(C)(C)COC(=O)[C@@H]2CCCN(N2)C(=O)[C@H]1NC(=O)C1[C@@H](C)[C@H]1C. The number of hydrazine groups is 1. The van der Waals surface area contributed by atoms with Crippen LogP contribution in [0.3, 0.4) is 0 Å². The van der Waals surface area contributed by atoms with Crippen LogP contribution >= 0.6 is 11.3 Å². The average Bonchev–Trinajstić information content (AvgIpc) is 3.61. The van der Waals surface area contributed by atoms with Gasteiger partial charge in [-0.15, -0.1) is 11.3 Å². The summed E-state index contributed by atoms with van der Waals surface area (Å²) in [6.07, 6.45) is 4.27. The maximum atomic E-state index is 14.7. The number of nitrogens with zero attached hydrogens (tertiary/aromatic N) is 6. The summed E-state index contributed by atoms with van der Waals surface area (Å²) >= 11 is 1.41. The molecular formula is C52H72N8O8S. The fraction of sp³-hybridized carbons (Fsp3) is 0.635. The van der Waals surface area contributed by atoms with Crippen LogP contribution in [-0.2, 0) is 51.0 Å². The molecule has 17 heteroatoms. The van der Waals surface area contributed by atoms with Crippen LogP contribution in [0.2, 0.25) is 0 Å². The Balaban J connectivity index is 1.21. The van der Waals surface area contributed by atoms with Gasteiger partial charge in [0.15, 0.2) is 0 Å². The standard InChI is InChI=1S/C52H72N8O8S/c1-9-66-47-45(55-48(61)43-31(2)32(43)3)50(62)60-16-10-11-40(56-60)51(63)68-30-52(5,6)27-39-37-25-34(41-29-69-49(47)54-41)12-13-42(37)59(21-24-67-36-14-22-65-23-15-36)46(39)38-26-35(28-53-44(38)33(4)64-8)58-19-17-57(7)18-20-58/h12-13,25-26,28-29,31-33,36,40,43,45,47,56H,9-11,14-24,27,30H2,1-8H3,(H,55,61)/t31-,32+,33-,40-,43?,45-,47-/m0/s1. The lowest BCUT2D eigenvalue weighted by Gasteiger charge is -2.37. The molecule has 7 heterocycles. The van der Waals surface area contributed by atoms with Crippen LogP contribution in [0.5, 0.6) is 0 Å². The van der Waals surface area contributed by atoms with Gasteiger partial charge in [0, 0.05) is 105 Å². The molecule has 0 radical (unpaired) electrons. The number of aromatic nitrogens is 3. The number of thiazole rings is 1. The molecule has 3 saturated heterocycles. The highest BCUT2D eigenvalue weighted by molar-refractivity contribution is 7.10. The largest absolute Gasteiger partial charge is 0.464 e. The summed E-state index contributed by atoms with van der Waals surface area (Å²) in [5.41, 5.74) is 10.4. The molecule has 69 heavy (non-hydrogen) atoms. The number of piperazine rings is 1. The van der Waals surface area contributed by atoms with E-state index in [1.54, 1.807) is 7.11 Å². The third-order valence-corrected chi connectivity index (χ3v) is 16.1. The molecule has 0 spiro atoms. The number of carbonyl (C=O) groups excluding carboxylic acids is 3. The number of cyclic esters (lactones) is 1. The van der Waals surface area contributed by atoms with E-state index in [-0.39, 0.29) is 55.0 Å². The number of carbonyl (C=O) groups is 3. The molecule has 4 fully saturated rings. The lowest BCUT2D eigenvalue weighted by atomic mass is 9.84. The average molecular weight is 969 g/mol. The number of hydrogen-bond donors (Lipinski definition) is 2. The van der Waals surface area contributed by atoms with Crippen molar-refractivity contribution in [2.75, 3.05) is 84.8 Å². The Morgan fingerprint density at radius 1 is 1.04 bits per heavy atom. The number of methoxy groups -OCH3 is 1. The van der Waals surface area contributed by atoms with Crippen LogP contribution in [0.1, 0.15) is 95.7 Å². The Bertz CT molecular complexity index is 2470. The minimum atomic E-state index is -1.09. The molecule has 2 N–H and O–H groups in total. The maximum absolute atomic E-state index is 14.7. The van der Waals surface area contributed by atoms with E-state index in [1.165, 1.54) is 16.3 Å². The first-order valence-electron chi connectivity index (χ1n) is 25.2. The highest BCUT2D eigenvalue weighted by Gasteiger charge is 2.50. The number of anilines is 1. The number of ether oxygens (including phenoxy) is 5. The van der Waals surface area contributed by atoms with Gasteiger partial charge in [0.05, 0.1) is 54.4 Å². The highest BCUT2D eigenvalue weighted by atomic mass is 32.1. The van der Waals surface area contributed by atoms with Crippen molar-refractivity contribution in [3.05, 3.63) is 52.1 Å². The van der Waals surface area contributed by atoms with E-state index in [0.717, 1.165) is 89.4 Å². The Morgan fingerprint density at radius 3 is 2.54 bits per heavy atom. The molecule has 3 aromatic heterocycles. The summed E-state index contributed by atoms with van der Waals surface area (Å²) < 4.78 is 33.4. The van der Waals surface area contributed by atoms with Crippen molar-refractivity contribution >= 4 is 45.7 Å². The molecule has 7 atom stereocenters. The van der Waals surface area contributed by atoms with Gasteiger partial charge in [-0.25, -0.2) is 10.4 Å². The first-order valence-corrected chi connectivity index (χ1v) is 26.1. The summed E-state index contributed by atoms with van der Waals surface area (Å²) in [5.74, 6) is -0.789. The predicted octanol–water partition coefficient (Wildman–Crippen LogP) is 6.57. The molecule has 9 rings (SSSR count). The van der Waals surface area contributed by atoms with E-state index < -0.39 is 29.6 Å². The summed E-state index contributed by atoms with van der Waals surface area (Å²) in [6, 6.07) is 6.96. The molecule has 1 unspecified atom stereocenters. The smallest absolute Gasteiger partial charge is 0.324 e. The fourth-order valence-electron chi connectivity index (χ4n) is 10.7. The zero-order valence-corrected chi connectivity index (χ0v) is 42.6. The van der Waals surface area contributed by atoms with Crippen molar-refractivity contribution in [2.24, 2.45) is 23.2 Å². The molecule has 4 aromatic rings. The zero-order valence-electron chi connectivity index (χ0n) is 41.8. The maximum Gasteiger partial charge on any atom is 0.324 e. The molecule has 5 aliphatic rings. The first kappa shape index (κ1) is 49.5. The summed E-state index contributed by atoms with van der Waals surface area (Å²) in [7, 11) is 3.89. The lowest BCUT2D eigenvalue weighted by molar-refractivity contribution is -0.156. The number of fused-ring (bicyclic) bond motifs is 6. The van der Waals surface area contributed by atoms with Crippen molar-refractivity contribution in [2.45, 2.75) is 111 Å². The molecule has 1 aliphatic carbocycles. The van der Waals surface area contributed by atoms with Gasteiger partial charge >= 0.3 is 5.97 Å². The van der Waals surface area contributed by atoms with E-state index in [2.05, 4.69) is 84.1 Å². The Hall–Kier alpha value is -4.49. The van der Waals surface area contributed by atoms with Crippen LogP contribution in [0.25, 0.3) is 33.4 Å². The third kappa shape index (κ3) is 10.6. The molecule has 2 amide bonds. The van der Waals surface area contributed by atoms with Gasteiger partial charge < -0.3 is 43.4 Å². The molecule has 374 valence electrons. The molecule has 1 aromatic carbocycles. The number of likely N-dealkylation sites (N-methyl/N-ethyl adjacent to an activating group) is 1. The second kappa shape index (κ2) is 21.1. The minimum absolute atomic E-state index is 0.125. The summed E-state index contributed by atoms with van der Waals surface area (Å²) in [6.45, 7) is 19.3. The molecule has 6 bridgehead atoms. The van der Waals surface area contributed by atoms with Gasteiger partial charge in [0.1, 0.15) is 23.2 Å². The fourth-order valence-corrected chi connectivity index (χ4v) is 11.6. The second-order valence-corrected chi connectivity index (χ2v) is 21.5. The molecular weight excluding hydrogens is 897 g/mol. The number of hydrogen-bond acceptors (Lipinski definition) is 14. The van der Waals surface area contributed by atoms with E-state index >= 15 is 0 Å². The van der Waals surface area contributed by atoms with E-state index in [9.17, 15) is 14.4 Å². The topological polar surface area (TPSA) is 162 Å². The molecule has 1 saturated carbocycles. The zero-order chi connectivity index (χ0) is 48.6. The summed E-state index contributed by atoms with van der Waals surface area (Å²) in [4.78, 5) is 57.9. The van der Waals surface area contributed by atoms with Gasteiger partial charge in [0.25, 0.3) is 5.91 Å². The Kier molecular flexibility index (Phi) is 15.1. The number of benzene rings is 1. The quantitative estimate of drug-likeness (QED) is 0.147. The Labute approximate surface area is 410 Å². The first-order chi connectivity index (χ1) is 33.2. The second-order valence-electron chi connectivity index (χ2n) is 20.6.